The van der Waals surface area contributed by atoms with Crippen LogP contribution in [0.15, 0.2) is 0 Å². The average Bonchev–Trinajstić information content (AvgIpc) is 2.15. The fourth-order valence-electron chi connectivity index (χ4n) is 1.29. The lowest BCUT2D eigenvalue weighted by molar-refractivity contribution is 0.0189. The van der Waals surface area contributed by atoms with Gasteiger partial charge in [-0.15, -0.1) is 0 Å². The molecule has 0 radical (unpaired) electrons. The van der Waals surface area contributed by atoms with E-state index in [1.165, 1.54) is 0 Å². The molecule has 1 unspecified atom stereocenters. The molecule has 5 nitrogen and oxygen atoms in total. The lowest BCUT2D eigenvalue weighted by atomic mass is 10.3. The monoisotopic (exact) mass is 188 g/mol. The van der Waals surface area contributed by atoms with E-state index in [1.807, 2.05) is 6.92 Å². The van der Waals surface area contributed by atoms with Gasteiger partial charge in [-0.2, -0.15) is 0 Å². The van der Waals surface area contributed by atoms with E-state index in [0.29, 0.717) is 26.3 Å². The summed E-state index contributed by atoms with van der Waals surface area (Å²) in [5.41, 5.74) is 0. The van der Waals surface area contributed by atoms with Crippen molar-refractivity contribution in [2.24, 2.45) is 0 Å². The first-order valence-corrected chi connectivity index (χ1v) is 4.48. The van der Waals surface area contributed by atoms with Gasteiger partial charge in [-0.25, -0.2) is 4.79 Å². The molecule has 0 spiro atoms. The topological polar surface area (TPSA) is 61.8 Å². The van der Waals surface area contributed by atoms with Crippen molar-refractivity contribution in [3.8, 4) is 0 Å². The van der Waals surface area contributed by atoms with Gasteiger partial charge < -0.3 is 20.1 Å². The van der Waals surface area contributed by atoms with Crippen LogP contribution in [0.2, 0.25) is 0 Å². The van der Waals surface area contributed by atoms with Gasteiger partial charge in [-0.05, 0) is 6.92 Å². The van der Waals surface area contributed by atoms with Gasteiger partial charge >= 0.3 is 6.03 Å². The minimum atomic E-state index is -0.121. The van der Waals surface area contributed by atoms with Crippen LogP contribution in [-0.4, -0.2) is 55.0 Å². The van der Waals surface area contributed by atoms with Crippen molar-refractivity contribution in [3.05, 3.63) is 0 Å². The average molecular weight is 188 g/mol. The maximum absolute atomic E-state index is 11.4. The molecule has 1 atom stereocenters. The molecule has 5 heteroatoms. The molecule has 2 N–H and O–H groups in total. The number of aliphatic hydroxyl groups is 1. The zero-order chi connectivity index (χ0) is 9.68. The van der Waals surface area contributed by atoms with E-state index in [9.17, 15) is 4.79 Å². The summed E-state index contributed by atoms with van der Waals surface area (Å²) in [6.07, 6.45) is 0. The fraction of sp³-hybridized carbons (Fsp3) is 0.875. The van der Waals surface area contributed by atoms with E-state index in [-0.39, 0.29) is 18.7 Å². The summed E-state index contributed by atoms with van der Waals surface area (Å²) in [5, 5.41) is 11.1. The standard InChI is InChI=1S/C8H16N2O3/c1-7-6-13-5-3-10(7)8(12)9-2-4-11/h7,11H,2-6H2,1H3,(H,9,12). The summed E-state index contributed by atoms with van der Waals surface area (Å²) in [5.74, 6) is 0. The zero-order valence-electron chi connectivity index (χ0n) is 7.82. The number of rotatable bonds is 2. The van der Waals surface area contributed by atoms with E-state index < -0.39 is 0 Å². The summed E-state index contributed by atoms with van der Waals surface area (Å²) in [6, 6.07) is -0.00251. The van der Waals surface area contributed by atoms with E-state index in [2.05, 4.69) is 5.32 Å². The van der Waals surface area contributed by atoms with Gasteiger partial charge in [0.15, 0.2) is 0 Å². The number of urea groups is 1. The Labute approximate surface area is 77.7 Å². The van der Waals surface area contributed by atoms with Crippen molar-refractivity contribution in [2.75, 3.05) is 32.9 Å². The first-order valence-electron chi connectivity index (χ1n) is 4.48. The second kappa shape index (κ2) is 5.04. The van der Waals surface area contributed by atoms with Gasteiger partial charge in [0, 0.05) is 13.1 Å². The third-order valence-corrected chi connectivity index (χ3v) is 2.02. The van der Waals surface area contributed by atoms with E-state index in [1.54, 1.807) is 4.90 Å². The molecule has 1 heterocycles. The molecule has 1 aliphatic heterocycles. The highest BCUT2D eigenvalue weighted by Crippen LogP contribution is 2.05. The van der Waals surface area contributed by atoms with Crippen LogP contribution in [0.1, 0.15) is 6.92 Å². The summed E-state index contributed by atoms with van der Waals surface area (Å²) in [4.78, 5) is 13.1. The van der Waals surface area contributed by atoms with Crippen LogP contribution in [0.25, 0.3) is 0 Å². The first kappa shape index (κ1) is 10.3. The molecule has 0 aromatic heterocycles. The number of carbonyl (C=O) groups is 1. The van der Waals surface area contributed by atoms with Gasteiger partial charge in [0.1, 0.15) is 0 Å². The van der Waals surface area contributed by atoms with Crippen LogP contribution < -0.4 is 5.32 Å². The van der Waals surface area contributed by atoms with Crippen molar-refractivity contribution >= 4 is 6.03 Å². The van der Waals surface area contributed by atoms with E-state index in [0.717, 1.165) is 0 Å². The number of aliphatic hydroxyl groups excluding tert-OH is 1. The minimum absolute atomic E-state index is 0.0234. The number of ether oxygens (including phenoxy) is 1. The third kappa shape index (κ3) is 2.86. The zero-order valence-corrected chi connectivity index (χ0v) is 7.82. The minimum Gasteiger partial charge on any atom is -0.395 e. The Kier molecular flexibility index (Phi) is 3.98. The predicted molar refractivity (Wildman–Crippen MR) is 47.5 cm³/mol. The maximum atomic E-state index is 11.4. The molecule has 0 aliphatic carbocycles. The van der Waals surface area contributed by atoms with Crippen LogP contribution in [0.5, 0.6) is 0 Å². The Morgan fingerprint density at radius 1 is 1.77 bits per heavy atom. The number of nitrogens with zero attached hydrogens (tertiary/aromatic N) is 1. The summed E-state index contributed by atoms with van der Waals surface area (Å²) >= 11 is 0. The number of carbonyl (C=O) groups excluding carboxylic acids is 1. The van der Waals surface area contributed by atoms with Crippen LogP contribution in [0.3, 0.4) is 0 Å². The molecule has 13 heavy (non-hydrogen) atoms. The smallest absolute Gasteiger partial charge is 0.317 e. The van der Waals surface area contributed by atoms with Crippen molar-refractivity contribution < 1.29 is 14.6 Å². The quantitative estimate of drug-likeness (QED) is 0.609. The number of hydrogen-bond donors (Lipinski definition) is 2. The van der Waals surface area contributed by atoms with Crippen molar-refractivity contribution in [1.29, 1.82) is 0 Å². The molecule has 0 bridgehead atoms. The van der Waals surface area contributed by atoms with Crippen LogP contribution in [-0.2, 0) is 4.74 Å². The van der Waals surface area contributed by atoms with Crippen LogP contribution in [0.4, 0.5) is 4.79 Å². The molecule has 2 amide bonds. The lowest BCUT2D eigenvalue weighted by Gasteiger charge is -2.33. The Hall–Kier alpha value is -0.810. The Morgan fingerprint density at radius 3 is 3.15 bits per heavy atom. The van der Waals surface area contributed by atoms with Gasteiger partial charge in [0.25, 0.3) is 0 Å². The second-order valence-electron chi connectivity index (χ2n) is 3.07. The molecule has 1 saturated heterocycles. The number of morpholine rings is 1. The summed E-state index contributed by atoms with van der Waals surface area (Å²) < 4.78 is 5.20. The fourth-order valence-corrected chi connectivity index (χ4v) is 1.29. The van der Waals surface area contributed by atoms with Gasteiger partial charge in [0.05, 0.1) is 25.9 Å². The van der Waals surface area contributed by atoms with Crippen LogP contribution >= 0.6 is 0 Å². The third-order valence-electron chi connectivity index (χ3n) is 2.02. The Balaban J connectivity index is 2.35. The van der Waals surface area contributed by atoms with Gasteiger partial charge in [-0.3, -0.25) is 0 Å². The predicted octanol–water partition coefficient (Wildman–Crippen LogP) is -0.591. The second-order valence-corrected chi connectivity index (χ2v) is 3.07. The van der Waals surface area contributed by atoms with Crippen LogP contribution in [0, 0.1) is 0 Å². The first-order chi connectivity index (χ1) is 6.25. The lowest BCUT2D eigenvalue weighted by Crippen LogP contribution is -2.51. The molecule has 0 aromatic carbocycles. The molecular weight excluding hydrogens is 172 g/mol. The SMILES string of the molecule is CC1COCCN1C(=O)NCCO. The van der Waals surface area contributed by atoms with E-state index in [4.69, 9.17) is 9.84 Å². The van der Waals surface area contributed by atoms with Crippen molar-refractivity contribution in [2.45, 2.75) is 13.0 Å². The number of amides is 2. The van der Waals surface area contributed by atoms with Gasteiger partial charge in [0.2, 0.25) is 0 Å². The number of nitrogens with one attached hydrogen (secondary N) is 1. The molecule has 0 aromatic rings. The van der Waals surface area contributed by atoms with Gasteiger partial charge in [-0.1, -0.05) is 0 Å². The largest absolute Gasteiger partial charge is 0.395 e. The maximum Gasteiger partial charge on any atom is 0.317 e. The summed E-state index contributed by atoms with van der Waals surface area (Å²) in [6.45, 7) is 4.03. The normalized spacial score (nSPS) is 22.9. The molecule has 1 aliphatic rings. The molecule has 1 rings (SSSR count). The van der Waals surface area contributed by atoms with Crippen molar-refractivity contribution in [1.82, 2.24) is 10.2 Å². The Bertz CT molecular complexity index is 175. The molecule has 0 saturated carbocycles. The molecule has 76 valence electrons. The molecule has 1 fully saturated rings. The highest BCUT2D eigenvalue weighted by Gasteiger charge is 2.22. The van der Waals surface area contributed by atoms with E-state index >= 15 is 0 Å². The molecular formula is C8H16N2O3. The Morgan fingerprint density at radius 2 is 2.54 bits per heavy atom. The highest BCUT2D eigenvalue weighted by atomic mass is 16.5. The van der Waals surface area contributed by atoms with Crippen molar-refractivity contribution in [3.63, 3.8) is 0 Å². The highest BCUT2D eigenvalue weighted by molar-refractivity contribution is 5.74. The summed E-state index contributed by atoms with van der Waals surface area (Å²) in [7, 11) is 0. The number of hydrogen-bond acceptors (Lipinski definition) is 3.